The van der Waals surface area contributed by atoms with Gasteiger partial charge in [0.15, 0.2) is 11.9 Å². The Morgan fingerprint density at radius 2 is 2.10 bits per heavy atom. The third kappa shape index (κ3) is 2.71. The number of hydrogen-bond donors (Lipinski definition) is 1. The second-order valence-electron chi connectivity index (χ2n) is 4.49. The van der Waals surface area contributed by atoms with Gasteiger partial charge in [0, 0.05) is 0 Å². The molecule has 0 aliphatic rings. The van der Waals surface area contributed by atoms with E-state index in [0.717, 1.165) is 0 Å². The number of ether oxygens (including phenoxy) is 1. The molecule has 0 radical (unpaired) electrons. The van der Waals surface area contributed by atoms with E-state index in [1.807, 2.05) is 0 Å². The van der Waals surface area contributed by atoms with Crippen molar-refractivity contribution in [2.45, 2.75) is 13.0 Å². The van der Waals surface area contributed by atoms with Crippen LogP contribution in [0.2, 0.25) is 0 Å². The van der Waals surface area contributed by atoms with Crippen LogP contribution >= 0.6 is 11.3 Å². The third-order valence-electron chi connectivity index (χ3n) is 3.02. The van der Waals surface area contributed by atoms with Crippen LogP contribution in [0.15, 0.2) is 46.6 Å². The van der Waals surface area contributed by atoms with Crippen LogP contribution in [0.3, 0.4) is 0 Å². The van der Waals surface area contributed by atoms with Crippen molar-refractivity contribution in [2.24, 2.45) is 0 Å². The average Bonchev–Trinajstić information content (AvgIpc) is 3.01. The second kappa shape index (κ2) is 5.49. The van der Waals surface area contributed by atoms with Crippen LogP contribution < -0.4 is 5.56 Å². The van der Waals surface area contributed by atoms with E-state index in [2.05, 4.69) is 9.97 Å². The van der Waals surface area contributed by atoms with E-state index < -0.39 is 12.1 Å². The summed E-state index contributed by atoms with van der Waals surface area (Å²) in [6.07, 6.45) is -0.628. The van der Waals surface area contributed by atoms with Gasteiger partial charge in [0.2, 0.25) is 0 Å². The van der Waals surface area contributed by atoms with Crippen LogP contribution in [-0.4, -0.2) is 15.9 Å². The van der Waals surface area contributed by atoms with Crippen molar-refractivity contribution < 1.29 is 9.53 Å². The number of H-pyrrole nitrogens is 1. The molecule has 2 aromatic heterocycles. The number of nitrogens with one attached hydrogen (secondary N) is 1. The molecule has 106 valence electrons. The van der Waals surface area contributed by atoms with Gasteiger partial charge in [-0.05, 0) is 30.5 Å². The molecule has 1 atom stereocenters. The monoisotopic (exact) mass is 300 g/mol. The molecule has 0 aliphatic heterocycles. The van der Waals surface area contributed by atoms with E-state index >= 15 is 0 Å². The number of para-hydroxylation sites is 1. The number of aromatic nitrogens is 2. The van der Waals surface area contributed by atoms with Crippen molar-refractivity contribution in [1.82, 2.24) is 9.97 Å². The molecule has 0 spiro atoms. The van der Waals surface area contributed by atoms with Gasteiger partial charge in [-0.1, -0.05) is 18.2 Å². The molecular weight excluding hydrogens is 288 g/mol. The smallest absolute Gasteiger partial charge is 0.349 e. The van der Waals surface area contributed by atoms with E-state index in [9.17, 15) is 9.59 Å². The fourth-order valence-electron chi connectivity index (χ4n) is 1.97. The molecule has 0 saturated heterocycles. The maximum Gasteiger partial charge on any atom is 0.349 e. The highest BCUT2D eigenvalue weighted by Crippen LogP contribution is 2.18. The molecular formula is C15H12N2O3S. The number of carbonyl (C=O) groups is 1. The minimum absolute atomic E-state index is 0.241. The molecule has 1 N–H and O–H groups in total. The minimum atomic E-state index is -0.628. The Morgan fingerprint density at radius 1 is 1.29 bits per heavy atom. The fourth-order valence-corrected chi connectivity index (χ4v) is 2.57. The van der Waals surface area contributed by atoms with Gasteiger partial charge < -0.3 is 9.72 Å². The highest BCUT2D eigenvalue weighted by Gasteiger charge is 2.17. The van der Waals surface area contributed by atoms with E-state index in [-0.39, 0.29) is 5.56 Å². The number of rotatable bonds is 3. The van der Waals surface area contributed by atoms with Crippen molar-refractivity contribution in [3.8, 4) is 0 Å². The van der Waals surface area contributed by atoms with Crippen molar-refractivity contribution in [2.75, 3.05) is 0 Å². The Kier molecular flexibility index (Phi) is 3.53. The van der Waals surface area contributed by atoms with Crippen molar-refractivity contribution in [1.29, 1.82) is 0 Å². The lowest BCUT2D eigenvalue weighted by molar-refractivity contribution is 0.0326. The highest BCUT2D eigenvalue weighted by atomic mass is 32.1. The summed E-state index contributed by atoms with van der Waals surface area (Å²) in [6, 6.07) is 10.5. The molecule has 1 aromatic carbocycles. The van der Waals surface area contributed by atoms with Crippen molar-refractivity contribution in [3.63, 3.8) is 0 Å². The zero-order chi connectivity index (χ0) is 14.8. The Balaban J connectivity index is 1.89. The molecule has 0 fully saturated rings. The number of hydrogen-bond acceptors (Lipinski definition) is 5. The maximum absolute atomic E-state index is 12.0. The molecule has 0 amide bonds. The molecule has 0 aliphatic carbocycles. The normalized spacial score (nSPS) is 12.2. The lowest BCUT2D eigenvalue weighted by Gasteiger charge is -2.12. The predicted octanol–water partition coefficient (Wildman–Crippen LogP) is 2.90. The average molecular weight is 300 g/mol. The Hall–Kier alpha value is -2.47. The van der Waals surface area contributed by atoms with Gasteiger partial charge >= 0.3 is 5.97 Å². The number of aromatic amines is 1. The standard InChI is InChI=1S/C15H12N2O3S/c1-9(20-15(19)12-7-4-8-21-12)13-16-11-6-3-2-5-10(11)14(18)17-13/h2-9H,1H3,(H,16,17,18). The van der Waals surface area contributed by atoms with Gasteiger partial charge in [-0.15, -0.1) is 11.3 Å². The number of carbonyl (C=O) groups excluding carboxylic acids is 1. The lowest BCUT2D eigenvalue weighted by atomic mass is 10.2. The molecule has 0 bridgehead atoms. The molecule has 1 unspecified atom stereocenters. The summed E-state index contributed by atoms with van der Waals surface area (Å²) in [6.45, 7) is 1.68. The largest absolute Gasteiger partial charge is 0.450 e. The summed E-state index contributed by atoms with van der Waals surface area (Å²) in [5, 5.41) is 2.32. The van der Waals surface area contributed by atoms with E-state index in [0.29, 0.717) is 21.6 Å². The summed E-state index contributed by atoms with van der Waals surface area (Å²) in [7, 11) is 0. The van der Waals surface area contributed by atoms with Gasteiger partial charge in [0.1, 0.15) is 4.88 Å². The minimum Gasteiger partial charge on any atom is -0.450 e. The predicted molar refractivity (Wildman–Crippen MR) is 80.5 cm³/mol. The van der Waals surface area contributed by atoms with Gasteiger partial charge in [-0.3, -0.25) is 4.79 Å². The lowest BCUT2D eigenvalue weighted by Crippen LogP contribution is -2.17. The number of fused-ring (bicyclic) bond motifs is 1. The van der Waals surface area contributed by atoms with Crippen LogP contribution in [-0.2, 0) is 4.74 Å². The quantitative estimate of drug-likeness (QED) is 0.755. The van der Waals surface area contributed by atoms with Crippen molar-refractivity contribution in [3.05, 3.63) is 62.8 Å². The number of esters is 1. The molecule has 2 heterocycles. The van der Waals surface area contributed by atoms with Gasteiger partial charge in [0.25, 0.3) is 5.56 Å². The summed E-state index contributed by atoms with van der Waals surface area (Å²) in [5.41, 5.74) is 0.338. The first kappa shape index (κ1) is 13.5. The number of thiophene rings is 1. The van der Waals surface area contributed by atoms with E-state index in [1.54, 1.807) is 48.7 Å². The molecule has 0 saturated carbocycles. The molecule has 3 rings (SSSR count). The van der Waals surface area contributed by atoms with Crippen LogP contribution in [0.1, 0.15) is 28.5 Å². The first-order valence-corrected chi connectivity index (χ1v) is 7.26. The van der Waals surface area contributed by atoms with E-state index in [1.165, 1.54) is 11.3 Å². The number of benzene rings is 1. The van der Waals surface area contributed by atoms with Gasteiger partial charge in [0.05, 0.1) is 10.9 Å². The second-order valence-corrected chi connectivity index (χ2v) is 5.44. The first-order chi connectivity index (χ1) is 10.1. The Morgan fingerprint density at radius 3 is 2.86 bits per heavy atom. The molecule has 3 aromatic rings. The van der Waals surface area contributed by atoms with Gasteiger partial charge in [-0.2, -0.15) is 0 Å². The summed E-state index contributed by atoms with van der Waals surface area (Å²) in [5.74, 6) is -0.0862. The molecule has 21 heavy (non-hydrogen) atoms. The summed E-state index contributed by atoms with van der Waals surface area (Å²) >= 11 is 1.31. The first-order valence-electron chi connectivity index (χ1n) is 6.38. The summed E-state index contributed by atoms with van der Waals surface area (Å²) < 4.78 is 5.32. The Labute approximate surface area is 124 Å². The number of nitrogens with zero attached hydrogens (tertiary/aromatic N) is 1. The highest BCUT2D eigenvalue weighted by molar-refractivity contribution is 7.11. The molecule has 5 nitrogen and oxygen atoms in total. The zero-order valence-electron chi connectivity index (χ0n) is 11.2. The van der Waals surface area contributed by atoms with Crippen LogP contribution in [0.5, 0.6) is 0 Å². The van der Waals surface area contributed by atoms with E-state index in [4.69, 9.17) is 4.74 Å². The Bertz CT molecular complexity index is 840. The summed E-state index contributed by atoms with van der Waals surface area (Å²) in [4.78, 5) is 31.4. The van der Waals surface area contributed by atoms with Crippen LogP contribution in [0.25, 0.3) is 10.9 Å². The topological polar surface area (TPSA) is 72.0 Å². The van der Waals surface area contributed by atoms with Crippen molar-refractivity contribution >= 4 is 28.2 Å². The SMILES string of the molecule is CC(OC(=O)c1cccs1)c1nc2ccccc2c(=O)[nH]1. The zero-order valence-corrected chi connectivity index (χ0v) is 12.0. The molecule has 6 heteroatoms. The van der Waals surface area contributed by atoms with Crippen LogP contribution in [0.4, 0.5) is 0 Å². The third-order valence-corrected chi connectivity index (χ3v) is 3.87. The fraction of sp³-hybridized carbons (Fsp3) is 0.133. The maximum atomic E-state index is 12.0. The van der Waals surface area contributed by atoms with Gasteiger partial charge in [-0.25, -0.2) is 9.78 Å². The van der Waals surface area contributed by atoms with Crippen LogP contribution in [0, 0.1) is 0 Å².